The van der Waals surface area contributed by atoms with Gasteiger partial charge in [-0.15, -0.1) is 0 Å². The molecule has 0 saturated heterocycles. The van der Waals surface area contributed by atoms with Crippen LogP contribution in [0.1, 0.15) is 10.5 Å². The number of hydrogen-bond acceptors (Lipinski definition) is 2. The highest BCUT2D eigenvalue weighted by atomic mass is 79.9. The summed E-state index contributed by atoms with van der Waals surface area (Å²) in [6.45, 7) is 0.483. The van der Waals surface area contributed by atoms with Crippen molar-refractivity contribution in [1.29, 1.82) is 0 Å². The summed E-state index contributed by atoms with van der Waals surface area (Å²) in [5.41, 5.74) is 2.08. The van der Waals surface area contributed by atoms with Gasteiger partial charge in [-0.25, -0.2) is 0 Å². The number of carbonyl (C=O) groups is 1. The second-order valence-corrected chi connectivity index (χ2v) is 6.69. The molecule has 2 N–H and O–H groups in total. The molecule has 0 saturated carbocycles. The minimum Gasteiger partial charge on any atom is -0.490 e. The summed E-state index contributed by atoms with van der Waals surface area (Å²) in [5.74, 6) is 0.361. The molecule has 26 heavy (non-hydrogen) atoms. The number of ether oxygens (including phenoxy) is 1. The van der Waals surface area contributed by atoms with Crippen molar-refractivity contribution in [1.82, 2.24) is 4.98 Å². The van der Waals surface area contributed by atoms with Crippen LogP contribution in [0.3, 0.4) is 0 Å². The maximum atomic E-state index is 13.0. The van der Waals surface area contributed by atoms with Crippen LogP contribution in [0.15, 0.2) is 66.7 Å². The Bertz CT molecular complexity index is 1080. The number of para-hydroxylation sites is 1. The summed E-state index contributed by atoms with van der Waals surface area (Å²) < 4.78 is 5.85. The Labute approximate surface area is 159 Å². The third-order valence-corrected chi connectivity index (χ3v) is 4.57. The van der Waals surface area contributed by atoms with E-state index in [0.717, 1.165) is 27.4 Å². The zero-order valence-corrected chi connectivity index (χ0v) is 15.5. The largest absolute Gasteiger partial charge is 0.490 e. The van der Waals surface area contributed by atoms with Crippen molar-refractivity contribution in [2.75, 3.05) is 17.3 Å². The van der Waals surface area contributed by atoms with Crippen LogP contribution in [0, 0.1) is 0 Å². The number of carbonyl (C=O) groups excluding carboxylic acids is 1. The number of amides is 1. The van der Waals surface area contributed by atoms with Gasteiger partial charge in [-0.2, -0.15) is 0 Å². The number of H-pyrrole nitrogens is 1. The molecule has 0 aliphatic rings. The lowest BCUT2D eigenvalue weighted by Gasteiger charge is -2.10. The number of aromatic nitrogens is 1. The van der Waals surface area contributed by atoms with E-state index in [1.54, 1.807) is 0 Å². The van der Waals surface area contributed by atoms with Crippen molar-refractivity contribution in [3.63, 3.8) is 0 Å². The van der Waals surface area contributed by atoms with Crippen molar-refractivity contribution >= 4 is 49.2 Å². The molecule has 4 nitrogen and oxygen atoms in total. The first-order valence-corrected chi connectivity index (χ1v) is 9.48. The van der Waals surface area contributed by atoms with Gasteiger partial charge in [-0.3, -0.25) is 4.79 Å². The second kappa shape index (κ2) is 7.22. The number of benzene rings is 3. The molecule has 0 radical (unpaired) electrons. The van der Waals surface area contributed by atoms with Crippen LogP contribution in [-0.4, -0.2) is 22.8 Å². The average Bonchev–Trinajstić information content (AvgIpc) is 3.05. The number of nitrogens with one attached hydrogen (secondary N) is 2. The van der Waals surface area contributed by atoms with Crippen LogP contribution in [0.25, 0.3) is 21.7 Å². The van der Waals surface area contributed by atoms with Gasteiger partial charge in [0, 0.05) is 27.3 Å². The minimum absolute atomic E-state index is 0.220. The average molecular weight is 409 g/mol. The first-order valence-electron chi connectivity index (χ1n) is 8.36. The Morgan fingerprint density at radius 2 is 1.69 bits per heavy atom. The SMILES string of the molecule is O=C(Nc1cccc2ccccc12)c1[nH]c2ccccc2c1OCCBr. The minimum atomic E-state index is -0.220. The van der Waals surface area contributed by atoms with Crippen LogP contribution in [0.4, 0.5) is 5.69 Å². The summed E-state index contributed by atoms with van der Waals surface area (Å²) in [4.78, 5) is 16.2. The fourth-order valence-electron chi connectivity index (χ4n) is 3.09. The zero-order valence-electron chi connectivity index (χ0n) is 14.0. The fraction of sp³-hybridized carbons (Fsp3) is 0.0952. The fourth-order valence-corrected chi connectivity index (χ4v) is 3.25. The number of alkyl halides is 1. The van der Waals surface area contributed by atoms with Gasteiger partial charge in [0.15, 0.2) is 5.75 Å². The van der Waals surface area contributed by atoms with E-state index in [-0.39, 0.29) is 5.91 Å². The van der Waals surface area contributed by atoms with Gasteiger partial charge in [0.25, 0.3) is 5.91 Å². The molecule has 0 unspecified atom stereocenters. The molecule has 4 aromatic rings. The number of halogens is 1. The standard InChI is InChI=1S/C21H17BrN2O2/c22-12-13-26-20-16-9-3-4-10-18(16)23-19(20)21(25)24-17-11-5-7-14-6-1-2-8-15(14)17/h1-11,23H,12-13H2,(H,24,25). The van der Waals surface area contributed by atoms with Gasteiger partial charge >= 0.3 is 0 Å². The van der Waals surface area contributed by atoms with Gasteiger partial charge in [0.1, 0.15) is 5.69 Å². The van der Waals surface area contributed by atoms with E-state index >= 15 is 0 Å². The number of fused-ring (bicyclic) bond motifs is 2. The van der Waals surface area contributed by atoms with Crippen molar-refractivity contribution < 1.29 is 9.53 Å². The second-order valence-electron chi connectivity index (χ2n) is 5.89. The smallest absolute Gasteiger partial charge is 0.276 e. The summed E-state index contributed by atoms with van der Waals surface area (Å²) in [7, 11) is 0. The predicted octanol–water partition coefficient (Wildman–Crippen LogP) is 5.35. The summed E-state index contributed by atoms with van der Waals surface area (Å²) in [6, 6.07) is 21.6. The molecule has 130 valence electrons. The first kappa shape index (κ1) is 16.7. The van der Waals surface area contributed by atoms with Gasteiger partial charge in [-0.05, 0) is 23.6 Å². The lowest BCUT2D eigenvalue weighted by molar-refractivity contribution is 0.101. The Morgan fingerprint density at radius 3 is 2.54 bits per heavy atom. The molecule has 0 fully saturated rings. The molecule has 1 amide bonds. The van der Waals surface area contributed by atoms with Crippen molar-refractivity contribution in [2.24, 2.45) is 0 Å². The van der Waals surface area contributed by atoms with E-state index in [4.69, 9.17) is 4.74 Å². The highest BCUT2D eigenvalue weighted by molar-refractivity contribution is 9.09. The maximum Gasteiger partial charge on any atom is 0.276 e. The highest BCUT2D eigenvalue weighted by Crippen LogP contribution is 2.31. The number of hydrogen-bond donors (Lipinski definition) is 2. The lowest BCUT2D eigenvalue weighted by atomic mass is 10.1. The van der Waals surface area contributed by atoms with Crippen LogP contribution in [0.2, 0.25) is 0 Å². The van der Waals surface area contributed by atoms with Gasteiger partial charge in [0.2, 0.25) is 0 Å². The first-order chi connectivity index (χ1) is 12.8. The number of anilines is 1. The molecule has 1 heterocycles. The lowest BCUT2D eigenvalue weighted by Crippen LogP contribution is -2.14. The van der Waals surface area contributed by atoms with E-state index in [0.29, 0.717) is 23.4 Å². The third-order valence-electron chi connectivity index (χ3n) is 4.25. The van der Waals surface area contributed by atoms with E-state index < -0.39 is 0 Å². The molecule has 0 spiro atoms. The quantitative estimate of drug-likeness (QED) is 0.437. The molecule has 4 rings (SSSR count). The van der Waals surface area contributed by atoms with Gasteiger partial charge in [0.05, 0.1) is 6.61 Å². The number of rotatable bonds is 5. The Balaban J connectivity index is 1.74. The van der Waals surface area contributed by atoms with Crippen molar-refractivity contribution in [2.45, 2.75) is 0 Å². The van der Waals surface area contributed by atoms with Gasteiger partial charge < -0.3 is 15.0 Å². The molecular formula is C21H17BrN2O2. The van der Waals surface area contributed by atoms with Crippen molar-refractivity contribution in [3.05, 3.63) is 72.4 Å². The van der Waals surface area contributed by atoms with Crippen LogP contribution >= 0.6 is 15.9 Å². The van der Waals surface area contributed by atoms with Crippen LogP contribution in [-0.2, 0) is 0 Å². The monoisotopic (exact) mass is 408 g/mol. The molecule has 0 atom stereocenters. The third kappa shape index (κ3) is 3.06. The maximum absolute atomic E-state index is 13.0. The Morgan fingerprint density at radius 1 is 0.962 bits per heavy atom. The van der Waals surface area contributed by atoms with Crippen LogP contribution < -0.4 is 10.1 Å². The molecule has 5 heteroatoms. The molecule has 0 aliphatic carbocycles. The molecule has 1 aromatic heterocycles. The zero-order chi connectivity index (χ0) is 17.9. The van der Waals surface area contributed by atoms with E-state index in [1.807, 2.05) is 66.7 Å². The van der Waals surface area contributed by atoms with E-state index in [2.05, 4.69) is 26.2 Å². The Hall–Kier alpha value is -2.79. The highest BCUT2D eigenvalue weighted by Gasteiger charge is 2.19. The predicted molar refractivity (Wildman–Crippen MR) is 109 cm³/mol. The molecule has 0 aliphatic heterocycles. The normalized spacial score (nSPS) is 11.0. The van der Waals surface area contributed by atoms with Gasteiger partial charge in [-0.1, -0.05) is 64.5 Å². The topological polar surface area (TPSA) is 54.1 Å². The summed E-state index contributed by atoms with van der Waals surface area (Å²) in [6.07, 6.45) is 0. The molecular weight excluding hydrogens is 392 g/mol. The molecule has 0 bridgehead atoms. The Kier molecular flexibility index (Phi) is 4.63. The summed E-state index contributed by atoms with van der Waals surface area (Å²) >= 11 is 3.37. The van der Waals surface area contributed by atoms with E-state index in [1.165, 1.54) is 0 Å². The van der Waals surface area contributed by atoms with E-state index in [9.17, 15) is 4.79 Å². The number of aromatic amines is 1. The van der Waals surface area contributed by atoms with Crippen molar-refractivity contribution in [3.8, 4) is 5.75 Å². The van der Waals surface area contributed by atoms with Crippen LogP contribution in [0.5, 0.6) is 5.75 Å². The summed E-state index contributed by atoms with van der Waals surface area (Å²) in [5, 5.41) is 6.69. The molecule has 3 aromatic carbocycles.